The molecule has 0 spiro atoms. The molecule has 0 amide bonds. The van der Waals surface area contributed by atoms with Crippen molar-refractivity contribution in [1.29, 1.82) is 0 Å². The van der Waals surface area contributed by atoms with Gasteiger partial charge in [0.2, 0.25) is 10.0 Å². The van der Waals surface area contributed by atoms with E-state index in [1.54, 1.807) is 58.4 Å². The Morgan fingerprint density at radius 2 is 1.88 bits per heavy atom. The maximum Gasteiger partial charge on any atom is 0.240 e. The first-order valence-corrected chi connectivity index (χ1v) is 9.40. The average Bonchev–Trinajstić information content (AvgIpc) is 3.28. The summed E-state index contributed by atoms with van der Waals surface area (Å²) in [5, 5.41) is 11.8. The molecule has 3 aromatic rings. The first kappa shape index (κ1) is 17.3. The van der Waals surface area contributed by atoms with Crippen LogP contribution in [-0.4, -0.2) is 39.2 Å². The predicted molar refractivity (Wildman–Crippen MR) is 92.5 cm³/mol. The van der Waals surface area contributed by atoms with E-state index in [2.05, 4.69) is 20.1 Å². The van der Waals surface area contributed by atoms with Crippen LogP contribution in [0.15, 0.2) is 60.0 Å². The van der Waals surface area contributed by atoms with Gasteiger partial charge in [-0.05, 0) is 36.2 Å². The van der Waals surface area contributed by atoms with Crippen molar-refractivity contribution in [2.75, 3.05) is 0 Å². The highest BCUT2D eigenvalue weighted by Gasteiger charge is 2.23. The standard InChI is InChI=1S/C16H20N6O2S/c1-13(2)16(12-21-11-9-17-20-21)19-25(23,24)15-6-4-14(5-7-15)22-10-3-8-18-22/h3-11,13,16,19H,12H2,1-2H3/t16-/m1/s1. The minimum Gasteiger partial charge on any atom is -0.251 e. The van der Waals surface area contributed by atoms with Crippen LogP contribution in [-0.2, 0) is 16.6 Å². The molecule has 1 N–H and O–H groups in total. The van der Waals surface area contributed by atoms with E-state index in [1.165, 1.54) is 0 Å². The van der Waals surface area contributed by atoms with Gasteiger partial charge >= 0.3 is 0 Å². The lowest BCUT2D eigenvalue weighted by atomic mass is 10.1. The van der Waals surface area contributed by atoms with Gasteiger partial charge in [-0.2, -0.15) is 5.10 Å². The molecule has 1 aromatic carbocycles. The summed E-state index contributed by atoms with van der Waals surface area (Å²) in [6.07, 6.45) is 6.75. The second kappa shape index (κ2) is 7.16. The fourth-order valence-electron chi connectivity index (χ4n) is 2.38. The predicted octanol–water partition coefficient (Wildman–Crippen LogP) is 1.47. The number of nitrogens with one attached hydrogen (secondary N) is 1. The topological polar surface area (TPSA) is 94.7 Å². The van der Waals surface area contributed by atoms with Gasteiger partial charge in [0.1, 0.15) is 0 Å². The Kier molecular flexibility index (Phi) is 4.95. The van der Waals surface area contributed by atoms with E-state index in [-0.39, 0.29) is 16.9 Å². The molecule has 0 aliphatic heterocycles. The molecule has 25 heavy (non-hydrogen) atoms. The molecule has 9 heteroatoms. The normalized spacial score (nSPS) is 13.2. The van der Waals surface area contributed by atoms with Crippen molar-refractivity contribution in [3.8, 4) is 5.69 Å². The van der Waals surface area contributed by atoms with E-state index in [4.69, 9.17) is 0 Å². The molecule has 0 aliphatic carbocycles. The molecular formula is C16H20N6O2S. The van der Waals surface area contributed by atoms with Crippen LogP contribution >= 0.6 is 0 Å². The van der Waals surface area contributed by atoms with Crippen LogP contribution in [0.4, 0.5) is 0 Å². The Balaban J connectivity index is 1.77. The lowest BCUT2D eigenvalue weighted by Crippen LogP contribution is -2.41. The number of sulfonamides is 1. The lowest BCUT2D eigenvalue weighted by Gasteiger charge is -2.22. The van der Waals surface area contributed by atoms with Crippen molar-refractivity contribution in [2.24, 2.45) is 5.92 Å². The maximum absolute atomic E-state index is 12.7. The van der Waals surface area contributed by atoms with Crippen LogP contribution < -0.4 is 4.72 Å². The summed E-state index contributed by atoms with van der Waals surface area (Å²) < 4.78 is 31.4. The van der Waals surface area contributed by atoms with Gasteiger partial charge < -0.3 is 0 Å². The highest BCUT2D eigenvalue weighted by atomic mass is 32.2. The van der Waals surface area contributed by atoms with Crippen molar-refractivity contribution in [3.63, 3.8) is 0 Å². The summed E-state index contributed by atoms with van der Waals surface area (Å²) in [5.41, 5.74) is 0.798. The minimum absolute atomic E-state index is 0.0994. The van der Waals surface area contributed by atoms with Crippen LogP contribution in [0.2, 0.25) is 0 Å². The highest BCUT2D eigenvalue weighted by Crippen LogP contribution is 2.15. The number of benzene rings is 1. The van der Waals surface area contributed by atoms with Gasteiger partial charge in [0, 0.05) is 24.6 Å². The quantitative estimate of drug-likeness (QED) is 0.688. The van der Waals surface area contributed by atoms with Crippen molar-refractivity contribution in [1.82, 2.24) is 29.5 Å². The average molecular weight is 360 g/mol. The van der Waals surface area contributed by atoms with Gasteiger partial charge in [0.25, 0.3) is 0 Å². The number of hydrogen-bond acceptors (Lipinski definition) is 5. The first-order valence-electron chi connectivity index (χ1n) is 7.92. The molecule has 0 fully saturated rings. The minimum atomic E-state index is -3.63. The molecule has 0 unspecified atom stereocenters. The molecule has 2 aromatic heterocycles. The maximum atomic E-state index is 12.7. The summed E-state index contributed by atoms with van der Waals surface area (Å²) in [7, 11) is -3.63. The van der Waals surface area contributed by atoms with E-state index >= 15 is 0 Å². The SMILES string of the molecule is CC(C)[C@@H](Cn1ccnn1)NS(=O)(=O)c1ccc(-n2cccn2)cc1. The third-order valence-corrected chi connectivity index (χ3v) is 5.39. The number of aromatic nitrogens is 5. The van der Waals surface area contributed by atoms with E-state index in [0.717, 1.165) is 5.69 Å². The molecule has 8 nitrogen and oxygen atoms in total. The molecule has 1 atom stereocenters. The Hall–Kier alpha value is -2.52. The zero-order chi connectivity index (χ0) is 17.9. The molecule has 2 heterocycles. The van der Waals surface area contributed by atoms with Crippen LogP contribution in [0, 0.1) is 5.92 Å². The van der Waals surface area contributed by atoms with Crippen molar-refractivity contribution in [3.05, 3.63) is 55.1 Å². The third kappa shape index (κ3) is 4.12. The van der Waals surface area contributed by atoms with E-state index in [1.807, 2.05) is 19.9 Å². The van der Waals surface area contributed by atoms with Gasteiger partial charge in [-0.25, -0.2) is 17.8 Å². The Labute approximate surface area is 146 Å². The Morgan fingerprint density at radius 3 is 2.44 bits per heavy atom. The van der Waals surface area contributed by atoms with Gasteiger partial charge in [0.05, 0.1) is 23.3 Å². The molecule has 0 aliphatic rings. The van der Waals surface area contributed by atoms with Crippen molar-refractivity contribution < 1.29 is 8.42 Å². The first-order chi connectivity index (χ1) is 12.0. The zero-order valence-corrected chi connectivity index (χ0v) is 14.8. The van der Waals surface area contributed by atoms with Crippen molar-refractivity contribution >= 4 is 10.0 Å². The molecule has 0 saturated carbocycles. The van der Waals surface area contributed by atoms with E-state index < -0.39 is 10.0 Å². The monoisotopic (exact) mass is 360 g/mol. The molecular weight excluding hydrogens is 340 g/mol. The van der Waals surface area contributed by atoms with Crippen molar-refractivity contribution in [2.45, 2.75) is 31.3 Å². The van der Waals surface area contributed by atoms with Gasteiger partial charge in [-0.3, -0.25) is 4.68 Å². The highest BCUT2D eigenvalue weighted by molar-refractivity contribution is 7.89. The summed E-state index contributed by atoms with van der Waals surface area (Å²) in [5.74, 6) is 0.0994. The number of nitrogens with zero attached hydrogens (tertiary/aromatic N) is 5. The summed E-state index contributed by atoms with van der Waals surface area (Å²) in [4.78, 5) is 0.215. The number of rotatable bonds is 7. The smallest absolute Gasteiger partial charge is 0.240 e. The summed E-state index contributed by atoms with van der Waals surface area (Å²) in [6.45, 7) is 4.35. The Morgan fingerprint density at radius 1 is 1.12 bits per heavy atom. The molecule has 0 bridgehead atoms. The fourth-order valence-corrected chi connectivity index (χ4v) is 3.76. The lowest BCUT2D eigenvalue weighted by molar-refractivity contribution is 0.378. The van der Waals surface area contributed by atoms with Crippen LogP contribution in [0.1, 0.15) is 13.8 Å². The van der Waals surface area contributed by atoms with Gasteiger partial charge in [-0.15, -0.1) is 5.10 Å². The van der Waals surface area contributed by atoms with Gasteiger partial charge in [0.15, 0.2) is 0 Å². The van der Waals surface area contributed by atoms with E-state index in [0.29, 0.717) is 6.54 Å². The molecule has 0 saturated heterocycles. The van der Waals surface area contributed by atoms with Gasteiger partial charge in [-0.1, -0.05) is 19.1 Å². The largest absolute Gasteiger partial charge is 0.251 e. The Bertz CT molecular complexity index is 887. The second-order valence-electron chi connectivity index (χ2n) is 6.04. The molecule has 132 valence electrons. The molecule has 0 radical (unpaired) electrons. The molecule has 3 rings (SSSR count). The van der Waals surface area contributed by atoms with Crippen LogP contribution in [0.25, 0.3) is 5.69 Å². The summed E-state index contributed by atoms with van der Waals surface area (Å²) >= 11 is 0. The second-order valence-corrected chi connectivity index (χ2v) is 7.76. The fraction of sp³-hybridized carbons (Fsp3) is 0.312. The van der Waals surface area contributed by atoms with Crippen LogP contribution in [0.3, 0.4) is 0 Å². The third-order valence-electron chi connectivity index (χ3n) is 3.88. The van der Waals surface area contributed by atoms with Crippen LogP contribution in [0.5, 0.6) is 0 Å². The number of hydrogen-bond donors (Lipinski definition) is 1. The van der Waals surface area contributed by atoms with E-state index in [9.17, 15) is 8.42 Å². The summed E-state index contributed by atoms with van der Waals surface area (Å²) in [6, 6.07) is 8.12. The zero-order valence-electron chi connectivity index (χ0n) is 14.0.